The summed E-state index contributed by atoms with van der Waals surface area (Å²) in [5, 5.41) is 0. The molecule has 0 aromatic carbocycles. The third-order valence-corrected chi connectivity index (χ3v) is 27.3. The molecular formula is C27H61N3Sn. The zero-order valence-corrected chi connectivity index (χ0v) is 28.3. The van der Waals surface area contributed by atoms with E-state index in [9.17, 15) is 0 Å². The normalized spacial score (nSPS) is 16.3. The average Bonchev–Trinajstić information content (AvgIpc) is 2.25. The van der Waals surface area contributed by atoms with Crippen molar-refractivity contribution in [2.45, 2.75) is 176 Å². The van der Waals surface area contributed by atoms with Crippen LogP contribution in [0.1, 0.15) is 138 Å². The van der Waals surface area contributed by atoms with Crippen molar-refractivity contribution < 1.29 is 0 Å². The minimum absolute atomic E-state index is 0.0438. The molecule has 0 amide bonds. The fraction of sp³-hybridized carbons (Fsp3) is 1.00. The maximum atomic E-state index is 3.03. The Hall–Kier alpha value is 0.679. The van der Waals surface area contributed by atoms with Crippen molar-refractivity contribution in [1.29, 1.82) is 0 Å². The molecule has 31 heavy (non-hydrogen) atoms. The van der Waals surface area contributed by atoms with Crippen LogP contribution in [0.3, 0.4) is 0 Å². The van der Waals surface area contributed by atoms with Gasteiger partial charge in [-0.25, -0.2) is 0 Å². The predicted octanol–water partition coefficient (Wildman–Crippen LogP) is 8.03. The molecule has 3 nitrogen and oxygen atoms in total. The van der Waals surface area contributed by atoms with Gasteiger partial charge >= 0.3 is 204 Å². The Morgan fingerprint density at radius 3 is 0.548 bits per heavy atom. The van der Waals surface area contributed by atoms with Crippen LogP contribution in [0.4, 0.5) is 0 Å². The summed E-state index contributed by atoms with van der Waals surface area (Å²) in [6.45, 7) is 49.0. The molecule has 0 saturated heterocycles. The molecule has 0 aliphatic carbocycles. The first kappa shape index (κ1) is 31.7. The Morgan fingerprint density at radius 2 is 0.484 bits per heavy atom. The first-order valence-corrected chi connectivity index (χ1v) is 17.9. The maximum absolute atomic E-state index is 3.72. The van der Waals surface area contributed by atoms with Gasteiger partial charge in [-0.3, -0.25) is 0 Å². The molecule has 0 aromatic heterocycles. The molecule has 0 unspecified atom stereocenters. The van der Waals surface area contributed by atoms with Gasteiger partial charge in [0.2, 0.25) is 0 Å². The second-order valence-electron chi connectivity index (χ2n) is 15.9. The van der Waals surface area contributed by atoms with E-state index in [1.54, 1.807) is 0 Å². The second-order valence-corrected chi connectivity index (χ2v) is 26.9. The molecule has 0 fully saturated rings. The summed E-state index contributed by atoms with van der Waals surface area (Å²) in [6, 6.07) is 0. The fourth-order valence-electron chi connectivity index (χ4n) is 7.06. The summed E-state index contributed by atoms with van der Waals surface area (Å²) in [5.74, 6) is 0. The molecule has 0 aliphatic rings. The van der Waals surface area contributed by atoms with Gasteiger partial charge in [0.05, 0.1) is 0 Å². The van der Waals surface area contributed by atoms with Crippen molar-refractivity contribution in [1.82, 2.24) is 9.36 Å². The SMILES string of the molecule is C[CH](C)[Sn]([N](C(C)(C)C)C(C)(C)C)([N](C(C)(C)C)C(C)(C)C)[N](C(C)(C)C)C(C)(C)C. The molecule has 0 spiro atoms. The van der Waals surface area contributed by atoms with E-state index in [4.69, 9.17) is 0 Å². The van der Waals surface area contributed by atoms with E-state index in [1.165, 1.54) is 0 Å². The Kier molecular flexibility index (Phi) is 9.24. The Labute approximate surface area is 203 Å². The van der Waals surface area contributed by atoms with Crippen LogP contribution < -0.4 is 0 Å². The zero-order chi connectivity index (χ0) is 25.8. The van der Waals surface area contributed by atoms with E-state index in [1.807, 2.05) is 0 Å². The summed E-state index contributed by atoms with van der Waals surface area (Å²) >= 11 is -3.72. The first-order chi connectivity index (χ1) is 13.0. The summed E-state index contributed by atoms with van der Waals surface area (Å²) in [4.78, 5) is 0. The van der Waals surface area contributed by atoms with E-state index < -0.39 is 19.2 Å². The zero-order valence-electron chi connectivity index (χ0n) is 25.4. The quantitative estimate of drug-likeness (QED) is 0.331. The topological polar surface area (TPSA) is 9.72 Å². The van der Waals surface area contributed by atoms with Gasteiger partial charge in [-0.15, -0.1) is 0 Å². The van der Waals surface area contributed by atoms with Crippen LogP contribution in [0.2, 0.25) is 3.93 Å². The Bertz CT molecular complexity index is 460. The van der Waals surface area contributed by atoms with Gasteiger partial charge in [0.25, 0.3) is 0 Å². The van der Waals surface area contributed by atoms with Crippen LogP contribution >= 0.6 is 0 Å². The number of nitrogens with zero attached hydrogens (tertiary/aromatic N) is 3. The summed E-state index contributed by atoms with van der Waals surface area (Å²) in [5.41, 5.74) is 0.263. The van der Waals surface area contributed by atoms with Crippen molar-refractivity contribution in [3.63, 3.8) is 0 Å². The molecule has 0 atom stereocenters. The average molecular weight is 547 g/mol. The van der Waals surface area contributed by atoms with Gasteiger partial charge in [0.1, 0.15) is 0 Å². The molecule has 0 rings (SSSR count). The number of rotatable bonds is 4. The van der Waals surface area contributed by atoms with Gasteiger partial charge in [-0.1, -0.05) is 0 Å². The molecule has 188 valence electrons. The minimum atomic E-state index is -3.72. The molecular weight excluding hydrogens is 485 g/mol. The first-order valence-electron chi connectivity index (χ1n) is 12.5. The van der Waals surface area contributed by atoms with Crippen LogP contribution in [0.25, 0.3) is 0 Å². The van der Waals surface area contributed by atoms with Crippen molar-refractivity contribution in [2.75, 3.05) is 0 Å². The van der Waals surface area contributed by atoms with E-state index >= 15 is 0 Å². The fourth-order valence-corrected chi connectivity index (χ4v) is 30.1. The molecule has 0 saturated carbocycles. The monoisotopic (exact) mass is 547 g/mol. The van der Waals surface area contributed by atoms with E-state index in [0.29, 0.717) is 3.93 Å². The van der Waals surface area contributed by atoms with Crippen molar-refractivity contribution in [2.24, 2.45) is 0 Å². The van der Waals surface area contributed by atoms with Gasteiger partial charge in [-0.2, -0.15) is 0 Å². The van der Waals surface area contributed by atoms with Gasteiger partial charge in [0.15, 0.2) is 0 Å². The third kappa shape index (κ3) is 6.85. The summed E-state index contributed by atoms with van der Waals surface area (Å²) in [6.07, 6.45) is 0. The molecule has 4 heteroatoms. The van der Waals surface area contributed by atoms with Crippen LogP contribution in [0, 0.1) is 0 Å². The Balaban J connectivity index is 8.21. The molecule has 0 aliphatic heterocycles. The second kappa shape index (κ2) is 9.04. The standard InChI is InChI=1S/3C8H18N.C3H7.Sn/c3*1-7(2,3)9-8(4,5)6;1-3-2;/h3*1-6H3;3H,1-2H3;/q3*-1;;+3. The van der Waals surface area contributed by atoms with Crippen LogP contribution in [0.5, 0.6) is 0 Å². The van der Waals surface area contributed by atoms with Crippen LogP contribution in [0.15, 0.2) is 0 Å². The number of hydrogen-bond acceptors (Lipinski definition) is 3. The van der Waals surface area contributed by atoms with Crippen molar-refractivity contribution >= 4 is 19.2 Å². The predicted molar refractivity (Wildman–Crippen MR) is 145 cm³/mol. The number of hydrogen-bond donors (Lipinski definition) is 0. The summed E-state index contributed by atoms with van der Waals surface area (Å²) < 4.78 is 9.66. The van der Waals surface area contributed by atoms with Crippen molar-refractivity contribution in [3.05, 3.63) is 0 Å². The molecule has 0 heterocycles. The van der Waals surface area contributed by atoms with Crippen LogP contribution in [-0.4, -0.2) is 61.8 Å². The molecule has 0 N–H and O–H groups in total. The van der Waals surface area contributed by atoms with Gasteiger partial charge < -0.3 is 0 Å². The van der Waals surface area contributed by atoms with Gasteiger partial charge in [-0.05, 0) is 0 Å². The molecule has 0 bridgehead atoms. The summed E-state index contributed by atoms with van der Waals surface area (Å²) in [7, 11) is 0. The van der Waals surface area contributed by atoms with Crippen LogP contribution in [-0.2, 0) is 0 Å². The van der Waals surface area contributed by atoms with Gasteiger partial charge in [0, 0.05) is 0 Å². The Morgan fingerprint density at radius 1 is 0.355 bits per heavy atom. The van der Waals surface area contributed by atoms with E-state index in [-0.39, 0.29) is 33.2 Å². The molecule has 0 aromatic rings. The van der Waals surface area contributed by atoms with Crippen molar-refractivity contribution in [3.8, 4) is 0 Å². The third-order valence-electron chi connectivity index (χ3n) is 5.79. The van der Waals surface area contributed by atoms with E-state index in [0.717, 1.165) is 0 Å². The van der Waals surface area contributed by atoms with E-state index in [2.05, 4.69) is 148 Å². The molecule has 0 radical (unpaired) electrons.